The Hall–Kier alpha value is -1.37. The van der Waals surface area contributed by atoms with Crippen molar-refractivity contribution >= 4 is 33.6 Å². The van der Waals surface area contributed by atoms with Gasteiger partial charge in [-0.2, -0.15) is 4.98 Å². The van der Waals surface area contributed by atoms with Gasteiger partial charge in [0.1, 0.15) is 11.9 Å². The Kier molecular flexibility index (Phi) is 5.17. The molecule has 0 bridgehead atoms. The highest BCUT2D eigenvalue weighted by atomic mass is 79.9. The number of hydrogen-bond donors (Lipinski definition) is 2. The smallest absolute Gasteiger partial charge is 0.242 e. The molecule has 1 unspecified atom stereocenters. The van der Waals surface area contributed by atoms with E-state index in [-0.39, 0.29) is 11.9 Å². The number of anilines is 2. The van der Waals surface area contributed by atoms with Crippen molar-refractivity contribution < 1.29 is 4.79 Å². The number of amides is 1. The molecule has 1 aliphatic rings. The largest absolute Gasteiger partial charge is 0.357 e. The van der Waals surface area contributed by atoms with E-state index in [2.05, 4.69) is 43.5 Å². The number of carbonyl (C=O) groups excluding carboxylic acids is 1. The maximum absolute atomic E-state index is 11.9. The average Bonchev–Trinajstić information content (AvgIpc) is 2.94. The zero-order chi connectivity index (χ0) is 14.5. The van der Waals surface area contributed by atoms with Crippen LogP contribution in [0.3, 0.4) is 0 Å². The second kappa shape index (κ2) is 6.88. The first kappa shape index (κ1) is 15.0. The SMILES string of the molecule is CCCNc1ncc(Br)c(N2CCCC2C(=O)NC)n1. The number of halogens is 1. The van der Waals surface area contributed by atoms with Gasteiger partial charge in [0.2, 0.25) is 11.9 Å². The molecule has 0 aromatic carbocycles. The number of likely N-dealkylation sites (N-methyl/N-ethyl adjacent to an activating group) is 1. The molecule has 110 valence electrons. The molecule has 1 fully saturated rings. The molecular weight excluding hydrogens is 322 g/mol. The molecule has 7 heteroatoms. The third kappa shape index (κ3) is 3.20. The average molecular weight is 342 g/mol. The van der Waals surface area contributed by atoms with E-state index in [1.807, 2.05) is 4.90 Å². The van der Waals surface area contributed by atoms with Gasteiger partial charge in [-0.25, -0.2) is 4.98 Å². The molecule has 0 spiro atoms. The highest BCUT2D eigenvalue weighted by Gasteiger charge is 2.32. The van der Waals surface area contributed by atoms with Crippen LogP contribution in [-0.4, -0.2) is 42.1 Å². The Morgan fingerprint density at radius 1 is 1.60 bits per heavy atom. The van der Waals surface area contributed by atoms with Gasteiger partial charge in [0.05, 0.1) is 4.47 Å². The lowest BCUT2D eigenvalue weighted by Gasteiger charge is -2.25. The summed E-state index contributed by atoms with van der Waals surface area (Å²) >= 11 is 3.48. The summed E-state index contributed by atoms with van der Waals surface area (Å²) in [4.78, 5) is 22.8. The van der Waals surface area contributed by atoms with Crippen molar-refractivity contribution in [3.8, 4) is 0 Å². The summed E-state index contributed by atoms with van der Waals surface area (Å²) < 4.78 is 0.815. The van der Waals surface area contributed by atoms with E-state index in [1.54, 1.807) is 13.2 Å². The predicted octanol–water partition coefficient (Wildman–Crippen LogP) is 1.78. The van der Waals surface area contributed by atoms with Gasteiger partial charge < -0.3 is 15.5 Å². The van der Waals surface area contributed by atoms with Crippen LogP contribution >= 0.6 is 15.9 Å². The zero-order valence-corrected chi connectivity index (χ0v) is 13.4. The van der Waals surface area contributed by atoms with Gasteiger partial charge in [-0.3, -0.25) is 4.79 Å². The number of aromatic nitrogens is 2. The molecule has 1 saturated heterocycles. The Morgan fingerprint density at radius 3 is 3.10 bits per heavy atom. The van der Waals surface area contributed by atoms with E-state index in [9.17, 15) is 4.79 Å². The molecule has 20 heavy (non-hydrogen) atoms. The Bertz CT molecular complexity index is 482. The van der Waals surface area contributed by atoms with Crippen LogP contribution in [0.4, 0.5) is 11.8 Å². The first-order chi connectivity index (χ1) is 9.67. The maximum Gasteiger partial charge on any atom is 0.242 e. The van der Waals surface area contributed by atoms with Crippen LogP contribution in [0.25, 0.3) is 0 Å². The van der Waals surface area contributed by atoms with Crippen LogP contribution in [0.2, 0.25) is 0 Å². The minimum atomic E-state index is -0.148. The Balaban J connectivity index is 2.23. The Labute approximate surface area is 127 Å². The monoisotopic (exact) mass is 341 g/mol. The molecule has 1 aromatic rings. The molecule has 2 N–H and O–H groups in total. The van der Waals surface area contributed by atoms with Crippen molar-refractivity contribution in [2.24, 2.45) is 0 Å². The highest BCUT2D eigenvalue weighted by Crippen LogP contribution is 2.30. The minimum Gasteiger partial charge on any atom is -0.357 e. The third-order valence-electron chi connectivity index (χ3n) is 3.33. The van der Waals surface area contributed by atoms with E-state index in [0.717, 1.165) is 42.6 Å². The molecule has 1 amide bonds. The van der Waals surface area contributed by atoms with Crippen LogP contribution in [0.1, 0.15) is 26.2 Å². The van der Waals surface area contributed by atoms with Crippen LogP contribution in [0.15, 0.2) is 10.7 Å². The summed E-state index contributed by atoms with van der Waals surface area (Å²) in [5.41, 5.74) is 0. The van der Waals surface area contributed by atoms with Crippen molar-refractivity contribution in [1.29, 1.82) is 0 Å². The zero-order valence-electron chi connectivity index (χ0n) is 11.8. The number of carbonyl (C=O) groups is 1. The molecule has 1 aromatic heterocycles. The standard InChI is InChI=1S/C13H20BrN5O/c1-3-6-16-13-17-8-9(14)11(18-13)19-7-4-5-10(19)12(20)15-2/h8,10H,3-7H2,1-2H3,(H,15,20)(H,16,17,18). The van der Waals surface area contributed by atoms with Gasteiger partial charge in [-0.05, 0) is 35.2 Å². The summed E-state index contributed by atoms with van der Waals surface area (Å²) in [6.07, 6.45) is 4.60. The normalized spacial score (nSPS) is 18.1. The highest BCUT2D eigenvalue weighted by molar-refractivity contribution is 9.10. The van der Waals surface area contributed by atoms with Gasteiger partial charge in [-0.15, -0.1) is 0 Å². The lowest BCUT2D eigenvalue weighted by atomic mass is 10.2. The second-order valence-electron chi connectivity index (χ2n) is 4.76. The van der Waals surface area contributed by atoms with Crippen molar-refractivity contribution in [3.63, 3.8) is 0 Å². The van der Waals surface area contributed by atoms with Gasteiger partial charge in [0.15, 0.2) is 0 Å². The fraction of sp³-hybridized carbons (Fsp3) is 0.615. The fourth-order valence-corrected chi connectivity index (χ4v) is 2.76. The van der Waals surface area contributed by atoms with Gasteiger partial charge >= 0.3 is 0 Å². The summed E-state index contributed by atoms with van der Waals surface area (Å²) in [7, 11) is 1.67. The summed E-state index contributed by atoms with van der Waals surface area (Å²) in [5, 5.41) is 5.89. The molecular formula is C13H20BrN5O. The predicted molar refractivity (Wildman–Crippen MR) is 82.9 cm³/mol. The maximum atomic E-state index is 11.9. The van der Waals surface area contributed by atoms with E-state index >= 15 is 0 Å². The number of rotatable bonds is 5. The van der Waals surface area contributed by atoms with Crippen molar-refractivity contribution in [3.05, 3.63) is 10.7 Å². The van der Waals surface area contributed by atoms with Crippen LogP contribution in [-0.2, 0) is 4.79 Å². The first-order valence-corrected chi connectivity index (χ1v) is 7.71. The molecule has 1 aliphatic heterocycles. The molecule has 0 radical (unpaired) electrons. The quantitative estimate of drug-likeness (QED) is 0.854. The fourth-order valence-electron chi connectivity index (χ4n) is 2.34. The second-order valence-corrected chi connectivity index (χ2v) is 5.61. The van der Waals surface area contributed by atoms with E-state index in [0.29, 0.717) is 5.95 Å². The summed E-state index contributed by atoms with van der Waals surface area (Å²) in [6, 6.07) is -0.148. The number of nitrogens with zero attached hydrogens (tertiary/aromatic N) is 3. The van der Waals surface area contributed by atoms with Crippen molar-refractivity contribution in [2.45, 2.75) is 32.2 Å². The lowest BCUT2D eigenvalue weighted by molar-refractivity contribution is -0.121. The van der Waals surface area contributed by atoms with E-state index in [1.165, 1.54) is 0 Å². The third-order valence-corrected chi connectivity index (χ3v) is 3.89. The Morgan fingerprint density at radius 2 is 2.40 bits per heavy atom. The molecule has 2 heterocycles. The van der Waals surface area contributed by atoms with Crippen LogP contribution in [0, 0.1) is 0 Å². The van der Waals surface area contributed by atoms with Crippen molar-refractivity contribution in [1.82, 2.24) is 15.3 Å². The van der Waals surface area contributed by atoms with Crippen LogP contribution in [0.5, 0.6) is 0 Å². The van der Waals surface area contributed by atoms with Gasteiger partial charge in [-0.1, -0.05) is 6.92 Å². The lowest BCUT2D eigenvalue weighted by Crippen LogP contribution is -2.42. The topological polar surface area (TPSA) is 70.2 Å². The molecule has 2 rings (SSSR count). The van der Waals surface area contributed by atoms with Gasteiger partial charge in [0.25, 0.3) is 0 Å². The molecule has 0 aliphatic carbocycles. The van der Waals surface area contributed by atoms with Crippen molar-refractivity contribution in [2.75, 3.05) is 30.4 Å². The molecule has 1 atom stereocenters. The summed E-state index contributed by atoms with van der Waals surface area (Å²) in [6.45, 7) is 3.76. The first-order valence-electron chi connectivity index (χ1n) is 6.92. The minimum absolute atomic E-state index is 0.0380. The molecule has 0 saturated carbocycles. The van der Waals surface area contributed by atoms with E-state index < -0.39 is 0 Å². The number of nitrogens with one attached hydrogen (secondary N) is 2. The van der Waals surface area contributed by atoms with Gasteiger partial charge in [0, 0.05) is 26.3 Å². The summed E-state index contributed by atoms with van der Waals surface area (Å²) in [5.74, 6) is 1.42. The molecule has 6 nitrogen and oxygen atoms in total. The van der Waals surface area contributed by atoms with Crippen LogP contribution < -0.4 is 15.5 Å². The van der Waals surface area contributed by atoms with E-state index in [4.69, 9.17) is 0 Å². The number of hydrogen-bond acceptors (Lipinski definition) is 5.